The molecule has 21 heteroatoms. The molecule has 85 heavy (non-hydrogen) atoms. The SMILES string of the molecule is C1CCN(c2nc3sc4c(N5CCNCC5)nnnc4c3c3c2CCCC3)CC1.COC1CCC(OC)C(NC(=O)CN2CCN(Cc3ccc4c(c3)OCO4)CC2)C1.Fc1cccc(-c2cc3nc4c(c(N5CCCCC5)n3n2)CCCC4)c1. The molecule has 2 N–H and O–H groups in total. The monoisotopic (exact) mass is 1180 g/mol. The van der Waals surface area contributed by atoms with Crippen LogP contribution in [0.3, 0.4) is 0 Å². The van der Waals surface area contributed by atoms with Gasteiger partial charge in [-0.1, -0.05) is 18.2 Å². The molecule has 5 fully saturated rings. The minimum absolute atomic E-state index is 0.0218. The fraction of sp³-hybridized carbons (Fsp3) is 0.578. The molecule has 7 aromatic rings. The van der Waals surface area contributed by atoms with Crippen LogP contribution in [-0.4, -0.2) is 175 Å². The summed E-state index contributed by atoms with van der Waals surface area (Å²) < 4.78 is 38.8. The van der Waals surface area contributed by atoms with Crippen molar-refractivity contribution in [1.29, 1.82) is 0 Å². The van der Waals surface area contributed by atoms with Gasteiger partial charge in [0, 0.05) is 128 Å². The number of amides is 1. The van der Waals surface area contributed by atoms with Crippen molar-refractivity contribution in [2.45, 2.75) is 134 Å². The highest BCUT2D eigenvalue weighted by atomic mass is 32.1. The van der Waals surface area contributed by atoms with Gasteiger partial charge in [0.05, 0.1) is 30.5 Å². The van der Waals surface area contributed by atoms with Gasteiger partial charge in [-0.25, -0.2) is 14.4 Å². The second-order valence-corrected chi connectivity index (χ2v) is 25.2. The van der Waals surface area contributed by atoms with Crippen molar-refractivity contribution < 1.29 is 28.1 Å². The van der Waals surface area contributed by atoms with Gasteiger partial charge in [-0.05, 0) is 155 Å². The molecule has 15 rings (SSSR count). The van der Waals surface area contributed by atoms with Crippen molar-refractivity contribution in [1.82, 2.24) is 55.4 Å². The molecule has 0 spiro atoms. The van der Waals surface area contributed by atoms with E-state index in [1.807, 2.05) is 22.7 Å². The van der Waals surface area contributed by atoms with Gasteiger partial charge in [-0.15, -0.1) is 21.5 Å². The summed E-state index contributed by atoms with van der Waals surface area (Å²) >= 11 is 1.77. The lowest BCUT2D eigenvalue weighted by Gasteiger charge is -2.37. The van der Waals surface area contributed by atoms with Crippen LogP contribution in [0, 0.1) is 5.82 Å². The Morgan fingerprint density at radius 3 is 2.22 bits per heavy atom. The van der Waals surface area contributed by atoms with Gasteiger partial charge in [0.15, 0.2) is 23.0 Å². The van der Waals surface area contributed by atoms with Crippen LogP contribution in [-0.2, 0) is 46.5 Å². The van der Waals surface area contributed by atoms with E-state index in [9.17, 15) is 9.18 Å². The molecule has 2 aromatic carbocycles. The molecule has 4 saturated heterocycles. The fourth-order valence-electron chi connectivity index (χ4n) is 14.2. The highest BCUT2D eigenvalue weighted by molar-refractivity contribution is 7.26. The third-order valence-electron chi connectivity index (χ3n) is 18.7. The van der Waals surface area contributed by atoms with Crippen LogP contribution in [0.5, 0.6) is 11.5 Å². The topological polar surface area (TPSA) is 176 Å². The number of anilines is 3. The number of hydrogen-bond donors (Lipinski definition) is 2. The first-order valence-corrected chi connectivity index (χ1v) is 32.4. The molecule has 5 aromatic heterocycles. The molecule has 1 amide bonds. The van der Waals surface area contributed by atoms with Crippen molar-refractivity contribution in [3.8, 4) is 22.8 Å². The fourth-order valence-corrected chi connectivity index (χ4v) is 15.3. The van der Waals surface area contributed by atoms with Crippen LogP contribution in [0.15, 0.2) is 48.5 Å². The van der Waals surface area contributed by atoms with E-state index in [1.54, 1.807) is 37.7 Å². The summed E-state index contributed by atoms with van der Waals surface area (Å²) in [6.07, 6.45) is 20.0. The summed E-state index contributed by atoms with van der Waals surface area (Å²) in [5, 5.41) is 25.9. The Balaban J connectivity index is 0.000000119. The van der Waals surface area contributed by atoms with E-state index in [2.05, 4.69) is 62.7 Å². The number of carbonyl (C=O) groups is 1. The summed E-state index contributed by atoms with van der Waals surface area (Å²) in [5.41, 5.74) is 10.3. The number of thiophene rings is 1. The van der Waals surface area contributed by atoms with E-state index in [4.69, 9.17) is 34.0 Å². The number of rotatable bonds is 11. The smallest absolute Gasteiger partial charge is 0.234 e. The van der Waals surface area contributed by atoms with E-state index < -0.39 is 0 Å². The lowest BCUT2D eigenvalue weighted by molar-refractivity contribution is -0.125. The number of piperazine rings is 2. The number of carbonyl (C=O) groups excluding carboxylic acids is 1. The standard InChI is InChI=1S/C22H33N3O5.C21H23FN4.C21H27N7S/c1-27-17-4-6-19(28-2)18(12-17)23-22(26)14-25-9-7-24(8-10-25)13-16-3-5-20-21(11-16)30-15-29-20;22-16-8-6-7-15(13-16)19-14-20-23-18-10-3-2-9-17(18)21(26(20)24-19)25-11-4-1-5-12-25;1-4-10-27(11-5-1)19-15-7-3-2-6-14(15)16-17-18(29-21(16)23-19)20(25-26-24-17)28-12-8-22-9-13-28/h3,5,11,17-19H,4,6-10,12-15H2,1-2H3,(H,23,26);6-8,13-14H,1-5,9-12H2;22H,1-13H2. The molecule has 8 aliphatic rings. The molecule has 0 radical (unpaired) electrons. The third kappa shape index (κ3) is 12.9. The number of benzene rings is 2. The largest absolute Gasteiger partial charge is 0.454 e. The van der Waals surface area contributed by atoms with Crippen LogP contribution < -0.4 is 34.8 Å². The molecule has 452 valence electrons. The lowest BCUT2D eigenvalue weighted by atomic mass is 9.89. The molecule has 3 unspecified atom stereocenters. The molecular formula is C64H83FN14O5S. The number of nitrogens with one attached hydrogen (secondary N) is 2. The minimum Gasteiger partial charge on any atom is -0.454 e. The van der Waals surface area contributed by atoms with Crippen LogP contribution >= 0.6 is 11.3 Å². The predicted molar refractivity (Wildman–Crippen MR) is 331 cm³/mol. The maximum Gasteiger partial charge on any atom is 0.234 e. The summed E-state index contributed by atoms with van der Waals surface area (Å²) in [6, 6.07) is 14.8. The number of nitrogens with zero attached hydrogens (tertiary/aromatic N) is 12. The average molecular weight is 1180 g/mol. The number of halogens is 1. The van der Waals surface area contributed by atoms with E-state index in [1.165, 1.54) is 115 Å². The molecule has 19 nitrogen and oxygen atoms in total. The van der Waals surface area contributed by atoms with Crippen LogP contribution in [0.25, 0.3) is 37.3 Å². The summed E-state index contributed by atoms with van der Waals surface area (Å²) in [7, 11) is 3.45. The first kappa shape index (κ1) is 57.7. The summed E-state index contributed by atoms with van der Waals surface area (Å²) in [4.78, 5) is 35.9. The molecule has 3 aliphatic carbocycles. The zero-order valence-corrected chi connectivity index (χ0v) is 50.5. The Labute approximate surface area is 501 Å². The van der Waals surface area contributed by atoms with Crippen molar-refractivity contribution >= 4 is 60.8 Å². The number of pyridine rings is 1. The second-order valence-electron chi connectivity index (χ2n) is 24.2. The van der Waals surface area contributed by atoms with Gasteiger partial charge in [-0.2, -0.15) is 9.61 Å². The molecule has 10 heterocycles. The van der Waals surface area contributed by atoms with Crippen molar-refractivity contribution in [3.63, 3.8) is 0 Å². The molecular weight excluding hydrogens is 1100 g/mol. The quantitative estimate of drug-likeness (QED) is 0.126. The maximum atomic E-state index is 13.7. The zero-order valence-electron chi connectivity index (χ0n) is 49.7. The number of ether oxygens (including phenoxy) is 4. The molecule has 3 atom stereocenters. The number of hydrogen-bond acceptors (Lipinski definition) is 18. The highest BCUT2D eigenvalue weighted by Gasteiger charge is 2.33. The Morgan fingerprint density at radius 1 is 0.718 bits per heavy atom. The van der Waals surface area contributed by atoms with Crippen molar-refractivity contribution in [2.75, 3.05) is 121 Å². The van der Waals surface area contributed by atoms with E-state index in [-0.39, 0.29) is 30.0 Å². The number of aromatic nitrogens is 7. The van der Waals surface area contributed by atoms with Gasteiger partial charge < -0.3 is 44.3 Å². The summed E-state index contributed by atoms with van der Waals surface area (Å²) in [6.45, 7) is 13.6. The van der Waals surface area contributed by atoms with Crippen LogP contribution in [0.4, 0.5) is 21.8 Å². The maximum absolute atomic E-state index is 13.7. The number of methoxy groups -OCH3 is 2. The first-order valence-electron chi connectivity index (χ1n) is 31.6. The van der Waals surface area contributed by atoms with E-state index in [0.717, 1.165) is 179 Å². The molecule has 1 saturated carbocycles. The Kier molecular flexibility index (Phi) is 18.1. The Morgan fingerprint density at radius 2 is 1.45 bits per heavy atom. The van der Waals surface area contributed by atoms with Crippen LogP contribution in [0.2, 0.25) is 0 Å². The zero-order chi connectivity index (χ0) is 57.6. The normalized spacial score (nSPS) is 21.9. The number of aryl methyl sites for hydroxylation is 2. The predicted octanol–water partition coefficient (Wildman–Crippen LogP) is 8.55. The average Bonchev–Trinajstić information content (AvgIpc) is 2.04. The van der Waals surface area contributed by atoms with Gasteiger partial charge in [0.2, 0.25) is 12.7 Å². The summed E-state index contributed by atoms with van der Waals surface area (Å²) in [5.74, 6) is 4.96. The highest BCUT2D eigenvalue weighted by Crippen LogP contribution is 2.44. The Bertz CT molecular complexity index is 3450. The first-order chi connectivity index (χ1) is 41.8. The minimum atomic E-state index is -0.233. The van der Waals surface area contributed by atoms with E-state index in [0.29, 0.717) is 13.3 Å². The Hall–Kier alpha value is -6.36. The molecule has 0 bridgehead atoms. The second kappa shape index (κ2) is 26.7. The van der Waals surface area contributed by atoms with Gasteiger partial charge >= 0.3 is 0 Å². The van der Waals surface area contributed by atoms with Crippen molar-refractivity contribution in [2.24, 2.45) is 0 Å². The molecule has 5 aliphatic heterocycles. The number of fused-ring (bicyclic) bond motifs is 8. The van der Waals surface area contributed by atoms with Gasteiger partial charge in [0.1, 0.15) is 32.5 Å². The van der Waals surface area contributed by atoms with Gasteiger partial charge in [0.25, 0.3) is 0 Å². The van der Waals surface area contributed by atoms with Gasteiger partial charge in [-0.3, -0.25) is 14.6 Å². The third-order valence-corrected chi connectivity index (χ3v) is 19.8. The number of piperidine rings is 2. The van der Waals surface area contributed by atoms with Crippen molar-refractivity contribution in [3.05, 3.63) is 82.3 Å². The van der Waals surface area contributed by atoms with E-state index >= 15 is 0 Å². The van der Waals surface area contributed by atoms with Crippen LogP contribution in [0.1, 0.15) is 111 Å². The lowest BCUT2D eigenvalue weighted by Crippen LogP contribution is -2.53.